The standard InChI is InChI=1S/C33H35F3N8O4/c1-7-23-28(42-10-12-43(13-11-42)32(48)27-29(46)20(6)37-16-38-27)30(47)26-31(39-19(5)25(41-26)17(2)3)44(23)15-24(45)40-22-9-8-21(14-18(22)4)33(34,35)36/h8-9,14,16,46H,2,7,10-13,15H2,1,3-6H3,(H,40,45). The van der Waals surface area contributed by atoms with Gasteiger partial charge in [0.2, 0.25) is 11.3 Å². The zero-order valence-corrected chi connectivity index (χ0v) is 27.2. The molecule has 1 fully saturated rings. The fraction of sp³-hybridized carbons (Fsp3) is 0.364. The van der Waals surface area contributed by atoms with Crippen LogP contribution in [0.15, 0.2) is 35.9 Å². The summed E-state index contributed by atoms with van der Waals surface area (Å²) in [7, 11) is 0. The van der Waals surface area contributed by atoms with E-state index in [1.165, 1.54) is 24.2 Å². The molecule has 2 amide bonds. The minimum absolute atomic E-state index is 0.0317. The Kier molecular flexibility index (Phi) is 9.24. The highest BCUT2D eigenvalue weighted by atomic mass is 19.4. The smallest absolute Gasteiger partial charge is 0.416 e. The van der Waals surface area contributed by atoms with Crippen LogP contribution in [0.1, 0.15) is 58.2 Å². The van der Waals surface area contributed by atoms with Gasteiger partial charge in [0.25, 0.3) is 5.91 Å². The van der Waals surface area contributed by atoms with Gasteiger partial charge in [-0.05, 0) is 63.5 Å². The van der Waals surface area contributed by atoms with Crippen LogP contribution < -0.4 is 15.6 Å². The second-order valence-corrected chi connectivity index (χ2v) is 11.7. The maximum absolute atomic E-state index is 14.2. The van der Waals surface area contributed by atoms with Gasteiger partial charge < -0.3 is 24.8 Å². The summed E-state index contributed by atoms with van der Waals surface area (Å²) >= 11 is 0. The number of nitrogens with zero attached hydrogens (tertiary/aromatic N) is 7. The number of anilines is 2. The van der Waals surface area contributed by atoms with Crippen LogP contribution in [0.5, 0.6) is 5.75 Å². The molecule has 1 aromatic carbocycles. The van der Waals surface area contributed by atoms with Crippen molar-refractivity contribution in [2.75, 3.05) is 36.4 Å². The molecule has 3 aromatic heterocycles. The molecule has 0 bridgehead atoms. The molecule has 4 aromatic rings. The Hall–Kier alpha value is -5.34. The van der Waals surface area contributed by atoms with E-state index in [9.17, 15) is 32.7 Å². The number of piperazine rings is 1. The molecule has 0 saturated carbocycles. The van der Waals surface area contributed by atoms with Crippen molar-refractivity contribution in [2.24, 2.45) is 0 Å². The van der Waals surface area contributed by atoms with E-state index in [1.807, 2.05) is 11.8 Å². The number of pyridine rings is 1. The highest BCUT2D eigenvalue weighted by molar-refractivity contribution is 5.95. The van der Waals surface area contributed by atoms with Crippen molar-refractivity contribution in [2.45, 2.75) is 53.8 Å². The van der Waals surface area contributed by atoms with E-state index in [-0.39, 0.29) is 72.3 Å². The molecule has 5 rings (SSSR count). The zero-order chi connectivity index (χ0) is 35.1. The lowest BCUT2D eigenvalue weighted by Crippen LogP contribution is -2.50. The van der Waals surface area contributed by atoms with E-state index in [0.29, 0.717) is 34.8 Å². The maximum Gasteiger partial charge on any atom is 0.416 e. The highest BCUT2D eigenvalue weighted by Crippen LogP contribution is 2.32. The fourth-order valence-corrected chi connectivity index (χ4v) is 5.83. The first kappa shape index (κ1) is 34.0. The van der Waals surface area contributed by atoms with E-state index in [0.717, 1.165) is 12.1 Å². The van der Waals surface area contributed by atoms with Crippen LogP contribution in [0.2, 0.25) is 0 Å². The predicted molar refractivity (Wildman–Crippen MR) is 174 cm³/mol. The van der Waals surface area contributed by atoms with Crippen molar-refractivity contribution >= 4 is 39.9 Å². The molecule has 1 saturated heterocycles. The molecule has 1 aliphatic rings. The number of carbonyl (C=O) groups excluding carboxylic acids is 2. The summed E-state index contributed by atoms with van der Waals surface area (Å²) in [5.41, 5.74) is 1.99. The molecule has 15 heteroatoms. The molecule has 48 heavy (non-hydrogen) atoms. The molecule has 2 N–H and O–H groups in total. The normalized spacial score (nSPS) is 13.6. The first-order chi connectivity index (χ1) is 22.6. The summed E-state index contributed by atoms with van der Waals surface area (Å²) in [6, 6.07) is 3.07. The fourth-order valence-electron chi connectivity index (χ4n) is 5.83. The first-order valence-corrected chi connectivity index (χ1v) is 15.2. The molecule has 0 radical (unpaired) electrons. The molecule has 0 aliphatic carbocycles. The summed E-state index contributed by atoms with van der Waals surface area (Å²) in [6.07, 6.45) is -2.99. The van der Waals surface area contributed by atoms with Crippen LogP contribution in [0.4, 0.5) is 24.5 Å². The lowest BCUT2D eigenvalue weighted by Gasteiger charge is -2.37. The number of aromatic nitrogens is 5. The number of hydrogen-bond donors (Lipinski definition) is 2. The number of allylic oxidation sites excluding steroid dienone is 1. The van der Waals surface area contributed by atoms with Crippen molar-refractivity contribution in [3.8, 4) is 5.75 Å². The average molecular weight is 665 g/mol. The average Bonchev–Trinajstić information content (AvgIpc) is 3.03. The van der Waals surface area contributed by atoms with Crippen LogP contribution in [-0.2, 0) is 23.9 Å². The lowest BCUT2D eigenvalue weighted by molar-refractivity contribution is -0.137. The molecular weight excluding hydrogens is 629 g/mol. The number of fused-ring (bicyclic) bond motifs is 1. The third-order valence-corrected chi connectivity index (χ3v) is 8.30. The Morgan fingerprint density at radius 2 is 1.71 bits per heavy atom. The Morgan fingerprint density at radius 1 is 1.02 bits per heavy atom. The van der Waals surface area contributed by atoms with Crippen molar-refractivity contribution < 1.29 is 27.9 Å². The predicted octanol–water partition coefficient (Wildman–Crippen LogP) is 4.43. The second kappa shape index (κ2) is 13.0. The number of alkyl halides is 3. The van der Waals surface area contributed by atoms with Gasteiger partial charge in [-0.1, -0.05) is 13.5 Å². The van der Waals surface area contributed by atoms with Crippen LogP contribution >= 0.6 is 0 Å². The molecule has 0 unspecified atom stereocenters. The van der Waals surface area contributed by atoms with Gasteiger partial charge in [0.15, 0.2) is 22.6 Å². The molecular formula is C33H35F3N8O4. The summed E-state index contributed by atoms with van der Waals surface area (Å²) in [5.74, 6) is -1.29. The first-order valence-electron chi connectivity index (χ1n) is 15.2. The number of carbonyl (C=O) groups is 2. The van der Waals surface area contributed by atoms with E-state index in [1.54, 1.807) is 25.3 Å². The van der Waals surface area contributed by atoms with Gasteiger partial charge in [0.05, 0.1) is 22.6 Å². The number of nitrogens with one attached hydrogen (secondary N) is 1. The van der Waals surface area contributed by atoms with Gasteiger partial charge in [0.1, 0.15) is 18.6 Å². The van der Waals surface area contributed by atoms with Crippen LogP contribution in [0.25, 0.3) is 16.7 Å². The largest absolute Gasteiger partial charge is 0.504 e. The van der Waals surface area contributed by atoms with Gasteiger partial charge >= 0.3 is 6.18 Å². The Morgan fingerprint density at radius 3 is 2.31 bits per heavy atom. The minimum Gasteiger partial charge on any atom is -0.504 e. The second-order valence-electron chi connectivity index (χ2n) is 11.7. The monoisotopic (exact) mass is 664 g/mol. The third kappa shape index (κ3) is 6.44. The lowest BCUT2D eigenvalue weighted by atomic mass is 10.1. The Balaban J connectivity index is 1.53. The van der Waals surface area contributed by atoms with E-state index < -0.39 is 29.0 Å². The van der Waals surface area contributed by atoms with Gasteiger partial charge in [-0.2, -0.15) is 13.2 Å². The topological polar surface area (TPSA) is 146 Å². The SMILES string of the molecule is C=C(C)c1nc2c(=O)c(N3CCN(C(=O)c4ncnc(C)c4O)CC3)c(CC)n(CC(=O)Nc3ccc(C(F)(F)F)cc3C)c2nc1C. The number of hydrogen-bond acceptors (Lipinski definition) is 9. The van der Waals surface area contributed by atoms with Crippen molar-refractivity contribution in [3.05, 3.63) is 80.9 Å². The van der Waals surface area contributed by atoms with Gasteiger partial charge in [-0.3, -0.25) is 14.4 Å². The van der Waals surface area contributed by atoms with E-state index >= 15 is 0 Å². The molecule has 252 valence electrons. The summed E-state index contributed by atoms with van der Waals surface area (Å²) < 4.78 is 41.3. The number of aryl methyl sites for hydroxylation is 3. The Bertz CT molecular complexity index is 2020. The number of aromatic hydroxyl groups is 1. The molecule has 0 atom stereocenters. The number of halogens is 3. The van der Waals surface area contributed by atoms with Crippen molar-refractivity contribution in [3.63, 3.8) is 0 Å². The maximum atomic E-state index is 14.2. The molecule has 4 heterocycles. The zero-order valence-electron chi connectivity index (χ0n) is 27.2. The number of amides is 2. The van der Waals surface area contributed by atoms with Crippen LogP contribution in [0, 0.1) is 20.8 Å². The van der Waals surface area contributed by atoms with Gasteiger partial charge in [-0.15, -0.1) is 0 Å². The Labute approximate surface area is 274 Å². The van der Waals surface area contributed by atoms with Crippen LogP contribution in [-0.4, -0.2) is 72.5 Å². The molecule has 1 aliphatic heterocycles. The molecule has 12 nitrogen and oxygen atoms in total. The van der Waals surface area contributed by atoms with Gasteiger partial charge in [0, 0.05) is 37.6 Å². The number of benzene rings is 1. The summed E-state index contributed by atoms with van der Waals surface area (Å²) in [4.78, 5) is 61.4. The van der Waals surface area contributed by atoms with Gasteiger partial charge in [-0.25, -0.2) is 19.9 Å². The van der Waals surface area contributed by atoms with Crippen molar-refractivity contribution in [1.29, 1.82) is 0 Å². The third-order valence-electron chi connectivity index (χ3n) is 8.30. The summed E-state index contributed by atoms with van der Waals surface area (Å²) in [6.45, 7) is 12.9. The van der Waals surface area contributed by atoms with Crippen molar-refractivity contribution in [1.82, 2.24) is 29.4 Å². The number of rotatable bonds is 7. The highest BCUT2D eigenvalue weighted by Gasteiger charge is 2.32. The van der Waals surface area contributed by atoms with Crippen LogP contribution in [0.3, 0.4) is 0 Å². The van der Waals surface area contributed by atoms with E-state index in [4.69, 9.17) is 0 Å². The van der Waals surface area contributed by atoms with E-state index in [2.05, 4.69) is 31.8 Å². The summed E-state index contributed by atoms with van der Waals surface area (Å²) in [5, 5.41) is 13.0. The quantitative estimate of drug-likeness (QED) is 0.293. The minimum atomic E-state index is -4.52. The molecule has 0 spiro atoms.